The highest BCUT2D eigenvalue weighted by atomic mass is 35.5. The number of halogens is 2. The minimum atomic E-state index is 0.441. The number of hydrogen-bond donors (Lipinski definition) is 1. The molecule has 0 aliphatic carbocycles. The van der Waals surface area contributed by atoms with Crippen molar-refractivity contribution in [2.75, 3.05) is 12.4 Å². The Kier molecular flexibility index (Phi) is 4.12. The van der Waals surface area contributed by atoms with E-state index in [-0.39, 0.29) is 0 Å². The van der Waals surface area contributed by atoms with Gasteiger partial charge in [0.1, 0.15) is 17.4 Å². The predicted octanol–water partition coefficient (Wildman–Crippen LogP) is 4.23. The Balaban J connectivity index is 2.37. The third kappa shape index (κ3) is 3.08. The minimum Gasteiger partial charge on any atom is -0.438 e. The van der Waals surface area contributed by atoms with Crippen LogP contribution >= 0.6 is 23.2 Å². The Morgan fingerprint density at radius 3 is 2.47 bits per heavy atom. The van der Waals surface area contributed by atoms with E-state index in [4.69, 9.17) is 27.9 Å². The lowest BCUT2D eigenvalue weighted by Crippen LogP contribution is -2.02. The molecule has 0 atom stereocenters. The van der Waals surface area contributed by atoms with Crippen LogP contribution in [0.1, 0.15) is 11.4 Å². The van der Waals surface area contributed by atoms with Gasteiger partial charge in [0.2, 0.25) is 5.88 Å². The Hall–Kier alpha value is -1.52. The molecule has 19 heavy (non-hydrogen) atoms. The van der Waals surface area contributed by atoms with E-state index in [9.17, 15) is 0 Å². The van der Waals surface area contributed by atoms with Crippen molar-refractivity contribution in [3.8, 4) is 11.6 Å². The molecule has 1 aromatic heterocycles. The van der Waals surface area contributed by atoms with Crippen LogP contribution in [0.15, 0.2) is 18.2 Å². The molecule has 0 aliphatic rings. The summed E-state index contributed by atoms with van der Waals surface area (Å²) < 4.78 is 5.73. The van der Waals surface area contributed by atoms with Gasteiger partial charge in [0.25, 0.3) is 0 Å². The number of hydrogen-bond acceptors (Lipinski definition) is 4. The van der Waals surface area contributed by atoms with Crippen LogP contribution in [-0.2, 0) is 0 Å². The first-order valence-corrected chi connectivity index (χ1v) is 6.42. The maximum Gasteiger partial charge on any atom is 0.227 e. The summed E-state index contributed by atoms with van der Waals surface area (Å²) in [6.45, 7) is 3.69. The highest BCUT2D eigenvalue weighted by molar-refractivity contribution is 6.42. The van der Waals surface area contributed by atoms with Gasteiger partial charge in [0.15, 0.2) is 0 Å². The second-order valence-electron chi connectivity index (χ2n) is 3.98. The summed E-state index contributed by atoms with van der Waals surface area (Å²) in [7, 11) is 1.80. The molecule has 2 aromatic rings. The number of nitrogens with zero attached hydrogens (tertiary/aromatic N) is 2. The lowest BCUT2D eigenvalue weighted by atomic mass is 10.3. The van der Waals surface area contributed by atoms with Gasteiger partial charge in [-0.25, -0.2) is 4.98 Å². The summed E-state index contributed by atoms with van der Waals surface area (Å²) in [5.41, 5.74) is 0.833. The molecule has 0 spiro atoms. The molecular weight excluding hydrogens is 285 g/mol. The van der Waals surface area contributed by atoms with Crippen molar-refractivity contribution < 1.29 is 4.74 Å². The molecule has 0 bridgehead atoms. The van der Waals surface area contributed by atoms with Crippen molar-refractivity contribution >= 4 is 29.0 Å². The zero-order valence-corrected chi connectivity index (χ0v) is 12.3. The van der Waals surface area contributed by atoms with Crippen molar-refractivity contribution in [2.24, 2.45) is 0 Å². The van der Waals surface area contributed by atoms with Crippen LogP contribution in [0.3, 0.4) is 0 Å². The first-order chi connectivity index (χ1) is 9.01. The summed E-state index contributed by atoms with van der Waals surface area (Å²) in [5, 5.41) is 3.93. The SMILES string of the molecule is CNc1nc(C)nc(Oc2ccc(Cl)c(Cl)c2)c1C. The van der Waals surface area contributed by atoms with Crippen LogP contribution in [-0.4, -0.2) is 17.0 Å². The fourth-order valence-electron chi connectivity index (χ4n) is 1.60. The van der Waals surface area contributed by atoms with E-state index in [0.717, 1.165) is 11.4 Å². The van der Waals surface area contributed by atoms with Crippen LogP contribution in [0.5, 0.6) is 11.6 Å². The van der Waals surface area contributed by atoms with Gasteiger partial charge in [-0.2, -0.15) is 4.98 Å². The Labute approximate surface area is 121 Å². The van der Waals surface area contributed by atoms with E-state index in [1.54, 1.807) is 25.2 Å². The third-order valence-corrected chi connectivity index (χ3v) is 3.29. The smallest absolute Gasteiger partial charge is 0.227 e. The molecule has 4 nitrogen and oxygen atoms in total. The lowest BCUT2D eigenvalue weighted by molar-refractivity contribution is 0.456. The standard InChI is InChI=1S/C13H13Cl2N3O/c1-7-12(16-3)17-8(2)18-13(7)19-9-4-5-10(14)11(15)6-9/h4-6H,1-3H3,(H,16,17,18). The van der Waals surface area contributed by atoms with Gasteiger partial charge in [0, 0.05) is 13.1 Å². The highest BCUT2D eigenvalue weighted by Crippen LogP contribution is 2.31. The van der Waals surface area contributed by atoms with E-state index < -0.39 is 0 Å². The summed E-state index contributed by atoms with van der Waals surface area (Å²) in [6, 6.07) is 5.07. The first-order valence-electron chi connectivity index (χ1n) is 5.67. The fraction of sp³-hybridized carbons (Fsp3) is 0.231. The number of anilines is 1. The van der Waals surface area contributed by atoms with Crippen molar-refractivity contribution in [2.45, 2.75) is 13.8 Å². The number of nitrogens with one attached hydrogen (secondary N) is 1. The average Bonchev–Trinajstić information content (AvgIpc) is 2.37. The minimum absolute atomic E-state index is 0.441. The van der Waals surface area contributed by atoms with Crippen LogP contribution in [0.4, 0.5) is 5.82 Å². The van der Waals surface area contributed by atoms with Crippen LogP contribution in [0.25, 0.3) is 0 Å². The summed E-state index contributed by atoms with van der Waals surface area (Å²) in [6.07, 6.45) is 0. The van der Waals surface area contributed by atoms with Gasteiger partial charge < -0.3 is 10.1 Å². The number of benzene rings is 1. The second kappa shape index (κ2) is 5.63. The van der Waals surface area contributed by atoms with Crippen molar-refractivity contribution in [1.29, 1.82) is 0 Å². The molecule has 0 saturated carbocycles. The molecular formula is C13H13Cl2N3O. The van der Waals surface area contributed by atoms with E-state index in [0.29, 0.717) is 27.5 Å². The summed E-state index contributed by atoms with van der Waals surface area (Å²) in [5.74, 6) is 2.44. The average molecular weight is 298 g/mol. The zero-order valence-electron chi connectivity index (χ0n) is 10.8. The zero-order chi connectivity index (χ0) is 14.0. The fourth-order valence-corrected chi connectivity index (χ4v) is 1.89. The lowest BCUT2D eigenvalue weighted by Gasteiger charge is -2.12. The van der Waals surface area contributed by atoms with Crippen LogP contribution in [0, 0.1) is 13.8 Å². The van der Waals surface area contributed by atoms with Gasteiger partial charge in [-0.15, -0.1) is 0 Å². The number of aryl methyl sites for hydroxylation is 1. The third-order valence-electron chi connectivity index (χ3n) is 2.56. The Morgan fingerprint density at radius 2 is 1.84 bits per heavy atom. The maximum atomic E-state index is 5.95. The number of rotatable bonds is 3. The van der Waals surface area contributed by atoms with Gasteiger partial charge in [-0.3, -0.25) is 0 Å². The van der Waals surface area contributed by atoms with Gasteiger partial charge in [-0.1, -0.05) is 23.2 Å². The molecule has 0 saturated heterocycles. The normalized spacial score (nSPS) is 10.4. The summed E-state index contributed by atoms with van der Waals surface area (Å²) >= 11 is 11.8. The van der Waals surface area contributed by atoms with Crippen molar-refractivity contribution in [3.63, 3.8) is 0 Å². The molecule has 1 N–H and O–H groups in total. The molecule has 0 aliphatic heterocycles. The van der Waals surface area contributed by atoms with Crippen molar-refractivity contribution in [1.82, 2.24) is 9.97 Å². The van der Waals surface area contributed by atoms with Gasteiger partial charge in [-0.05, 0) is 26.0 Å². The highest BCUT2D eigenvalue weighted by Gasteiger charge is 2.11. The molecule has 1 aromatic carbocycles. The van der Waals surface area contributed by atoms with Gasteiger partial charge in [0.05, 0.1) is 15.6 Å². The van der Waals surface area contributed by atoms with E-state index in [1.807, 2.05) is 13.8 Å². The summed E-state index contributed by atoms with van der Waals surface area (Å²) in [4.78, 5) is 8.56. The number of ether oxygens (including phenoxy) is 1. The maximum absolute atomic E-state index is 5.95. The Morgan fingerprint density at radius 1 is 1.11 bits per heavy atom. The molecule has 0 fully saturated rings. The first kappa shape index (κ1) is 13.9. The van der Waals surface area contributed by atoms with E-state index in [1.165, 1.54) is 0 Å². The quantitative estimate of drug-likeness (QED) is 0.921. The van der Waals surface area contributed by atoms with Gasteiger partial charge >= 0.3 is 0 Å². The molecule has 100 valence electrons. The van der Waals surface area contributed by atoms with Crippen LogP contribution < -0.4 is 10.1 Å². The monoisotopic (exact) mass is 297 g/mol. The molecule has 0 radical (unpaired) electrons. The van der Waals surface area contributed by atoms with E-state index >= 15 is 0 Å². The topological polar surface area (TPSA) is 47.0 Å². The predicted molar refractivity (Wildman–Crippen MR) is 77.6 cm³/mol. The Bertz CT molecular complexity index is 617. The second-order valence-corrected chi connectivity index (χ2v) is 4.79. The molecule has 1 heterocycles. The molecule has 6 heteroatoms. The molecule has 2 rings (SSSR count). The van der Waals surface area contributed by atoms with E-state index in [2.05, 4.69) is 15.3 Å². The largest absolute Gasteiger partial charge is 0.438 e. The van der Waals surface area contributed by atoms with Crippen LogP contribution in [0.2, 0.25) is 10.0 Å². The number of aromatic nitrogens is 2. The van der Waals surface area contributed by atoms with Crippen molar-refractivity contribution in [3.05, 3.63) is 39.6 Å². The molecule has 0 amide bonds. The molecule has 0 unspecified atom stereocenters.